The fourth-order valence-corrected chi connectivity index (χ4v) is 1.86. The number of amides is 1. The molecule has 0 radical (unpaired) electrons. The van der Waals surface area contributed by atoms with Gasteiger partial charge in [0.05, 0.1) is 6.07 Å². The molecule has 2 aromatic heterocycles. The lowest BCUT2D eigenvalue weighted by atomic mass is 9.90. The molecular weight excluding hydrogens is 298 g/mol. The van der Waals surface area contributed by atoms with Crippen LogP contribution in [0, 0.1) is 17.2 Å². The van der Waals surface area contributed by atoms with Crippen LogP contribution in [0.2, 0.25) is 0 Å². The van der Waals surface area contributed by atoms with Gasteiger partial charge in [-0.1, -0.05) is 25.1 Å². The largest absolute Gasteiger partial charge is 0.442 e. The van der Waals surface area contributed by atoms with E-state index in [-0.39, 0.29) is 18.3 Å². The highest BCUT2D eigenvalue weighted by Crippen LogP contribution is 2.16. The van der Waals surface area contributed by atoms with Crippen LogP contribution in [0.5, 0.6) is 0 Å². The smallest absolute Gasteiger partial charge is 0.336 e. The van der Waals surface area contributed by atoms with E-state index in [4.69, 9.17) is 0 Å². The van der Waals surface area contributed by atoms with Crippen molar-refractivity contribution in [3.05, 3.63) is 34.9 Å². The lowest BCUT2D eigenvalue weighted by Crippen LogP contribution is -2.50. The van der Waals surface area contributed by atoms with Crippen LogP contribution in [-0.4, -0.2) is 26.2 Å². The van der Waals surface area contributed by atoms with Crippen LogP contribution in [0.25, 0.3) is 11.5 Å². The Hall–Kier alpha value is -2.95. The zero-order valence-corrected chi connectivity index (χ0v) is 13.1. The Kier molecular flexibility index (Phi) is 4.60. The first kappa shape index (κ1) is 16.4. The first-order valence-corrected chi connectivity index (χ1v) is 7.07. The van der Waals surface area contributed by atoms with Crippen LogP contribution in [-0.2, 0) is 11.3 Å². The molecule has 0 fully saturated rings. The molecule has 23 heavy (non-hydrogen) atoms. The van der Waals surface area contributed by atoms with Crippen molar-refractivity contribution in [2.24, 2.45) is 5.92 Å². The van der Waals surface area contributed by atoms with Gasteiger partial charge < -0.3 is 5.32 Å². The molecule has 2 rings (SSSR count). The second-order valence-electron chi connectivity index (χ2n) is 5.59. The van der Waals surface area contributed by atoms with Gasteiger partial charge in [-0.15, -0.1) is 0 Å². The fourth-order valence-electron chi connectivity index (χ4n) is 1.86. The van der Waals surface area contributed by atoms with Crippen LogP contribution >= 0.6 is 0 Å². The van der Waals surface area contributed by atoms with Gasteiger partial charge in [0.2, 0.25) is 11.7 Å². The molecule has 1 N–H and O–H groups in total. The molecule has 0 saturated heterocycles. The maximum Gasteiger partial charge on any atom is 0.442 e. The number of carbonyl (C=O) groups is 1. The Morgan fingerprint density at radius 2 is 2.26 bits per heavy atom. The molecule has 2 heterocycles. The Bertz CT molecular complexity index is 787. The van der Waals surface area contributed by atoms with Crippen molar-refractivity contribution < 1.29 is 9.32 Å². The summed E-state index contributed by atoms with van der Waals surface area (Å²) in [5.74, 6) is -1.17. The Labute approximate surface area is 132 Å². The van der Waals surface area contributed by atoms with Gasteiger partial charge in [-0.25, -0.2) is 9.36 Å². The van der Waals surface area contributed by atoms with E-state index in [1.807, 2.05) is 13.8 Å². The molecule has 0 spiro atoms. The van der Waals surface area contributed by atoms with Gasteiger partial charge >= 0.3 is 5.76 Å². The van der Waals surface area contributed by atoms with Gasteiger partial charge in [-0.05, 0) is 25.0 Å². The molecule has 0 unspecified atom stereocenters. The van der Waals surface area contributed by atoms with Crippen LogP contribution in [0.3, 0.4) is 0 Å². The predicted molar refractivity (Wildman–Crippen MR) is 81.0 cm³/mol. The molecular formula is C15H17N5O3. The van der Waals surface area contributed by atoms with E-state index in [2.05, 4.69) is 26.0 Å². The van der Waals surface area contributed by atoms with Gasteiger partial charge in [0.15, 0.2) is 0 Å². The van der Waals surface area contributed by atoms with E-state index >= 15 is 0 Å². The summed E-state index contributed by atoms with van der Waals surface area (Å²) in [6, 6.07) is 7.19. The van der Waals surface area contributed by atoms with Gasteiger partial charge in [-0.2, -0.15) is 5.26 Å². The van der Waals surface area contributed by atoms with Crippen molar-refractivity contribution in [1.82, 2.24) is 20.0 Å². The van der Waals surface area contributed by atoms with Crippen molar-refractivity contribution in [2.45, 2.75) is 32.9 Å². The topological polar surface area (TPSA) is 114 Å². The number of nitrogens with zero attached hydrogens (tertiary/aromatic N) is 4. The fraction of sp³-hybridized carbons (Fsp3) is 0.400. The summed E-state index contributed by atoms with van der Waals surface area (Å²) in [6.07, 6.45) is 1.55. The minimum atomic E-state index is -1.02. The normalized spacial score (nSPS) is 13.3. The number of nitrogens with one attached hydrogen (secondary N) is 1. The van der Waals surface area contributed by atoms with Gasteiger partial charge in [0.25, 0.3) is 0 Å². The molecule has 1 atom stereocenters. The first-order valence-electron chi connectivity index (χ1n) is 7.07. The third-order valence-corrected chi connectivity index (χ3v) is 3.67. The highest BCUT2D eigenvalue weighted by molar-refractivity contribution is 5.77. The molecule has 0 aliphatic carbocycles. The second kappa shape index (κ2) is 6.44. The number of hydrogen-bond donors (Lipinski definition) is 1. The van der Waals surface area contributed by atoms with Crippen LogP contribution < -0.4 is 11.1 Å². The maximum atomic E-state index is 12.2. The van der Waals surface area contributed by atoms with E-state index in [9.17, 15) is 14.9 Å². The van der Waals surface area contributed by atoms with Crippen LogP contribution in [0.15, 0.2) is 33.7 Å². The summed E-state index contributed by atoms with van der Waals surface area (Å²) in [6.45, 7) is 4.98. The van der Waals surface area contributed by atoms with Crippen molar-refractivity contribution >= 4 is 5.91 Å². The van der Waals surface area contributed by atoms with Crippen molar-refractivity contribution in [2.75, 3.05) is 0 Å². The SMILES string of the molecule is CC(C)[C@@](C)(C#N)NC(=O)Cn1c(-c2ccccn2)noc1=O. The molecule has 8 heteroatoms. The van der Waals surface area contributed by atoms with Crippen molar-refractivity contribution in [3.63, 3.8) is 0 Å². The van der Waals surface area contributed by atoms with Crippen molar-refractivity contribution in [1.29, 1.82) is 5.26 Å². The summed E-state index contributed by atoms with van der Waals surface area (Å²) in [7, 11) is 0. The van der Waals surface area contributed by atoms with Gasteiger partial charge in [0, 0.05) is 6.20 Å². The quantitative estimate of drug-likeness (QED) is 0.878. The lowest BCUT2D eigenvalue weighted by Gasteiger charge is -2.27. The number of carbonyl (C=O) groups excluding carboxylic acids is 1. The summed E-state index contributed by atoms with van der Waals surface area (Å²) < 4.78 is 5.71. The average molecular weight is 315 g/mol. The zero-order valence-electron chi connectivity index (χ0n) is 13.1. The summed E-state index contributed by atoms with van der Waals surface area (Å²) >= 11 is 0. The minimum Gasteiger partial charge on any atom is -0.336 e. The second-order valence-corrected chi connectivity index (χ2v) is 5.59. The molecule has 120 valence electrons. The zero-order chi connectivity index (χ0) is 17.0. The Morgan fingerprint density at radius 1 is 1.52 bits per heavy atom. The summed E-state index contributed by atoms with van der Waals surface area (Å²) in [5.41, 5.74) is -0.610. The number of hydrogen-bond acceptors (Lipinski definition) is 6. The highest BCUT2D eigenvalue weighted by Gasteiger charge is 2.30. The molecule has 2 aromatic rings. The number of aromatic nitrogens is 3. The third-order valence-electron chi connectivity index (χ3n) is 3.67. The molecule has 0 aliphatic rings. The lowest BCUT2D eigenvalue weighted by molar-refractivity contribution is -0.123. The summed E-state index contributed by atoms with van der Waals surface area (Å²) in [5, 5.41) is 15.5. The highest BCUT2D eigenvalue weighted by atomic mass is 16.5. The number of rotatable bonds is 5. The van der Waals surface area contributed by atoms with Gasteiger partial charge in [0.1, 0.15) is 17.8 Å². The van der Waals surface area contributed by atoms with Crippen LogP contribution in [0.4, 0.5) is 0 Å². The predicted octanol–water partition coefficient (Wildman–Crippen LogP) is 0.953. The molecule has 0 saturated carbocycles. The monoisotopic (exact) mass is 315 g/mol. The minimum absolute atomic E-state index is 0.0918. The van der Waals surface area contributed by atoms with Crippen molar-refractivity contribution in [3.8, 4) is 17.6 Å². The Morgan fingerprint density at radius 3 is 2.83 bits per heavy atom. The Balaban J connectivity index is 2.25. The number of nitriles is 1. The van der Waals surface area contributed by atoms with E-state index in [0.717, 1.165) is 4.57 Å². The van der Waals surface area contributed by atoms with Crippen LogP contribution in [0.1, 0.15) is 20.8 Å². The van der Waals surface area contributed by atoms with Gasteiger partial charge in [-0.3, -0.25) is 14.3 Å². The molecule has 0 aliphatic heterocycles. The van der Waals surface area contributed by atoms with E-state index in [1.165, 1.54) is 0 Å². The average Bonchev–Trinajstić information content (AvgIpc) is 2.88. The molecule has 8 nitrogen and oxygen atoms in total. The third kappa shape index (κ3) is 3.45. The molecule has 0 bridgehead atoms. The first-order chi connectivity index (χ1) is 10.9. The molecule has 1 amide bonds. The standard InChI is InChI=1S/C15H17N5O3/c1-10(2)15(3,9-16)18-12(21)8-20-13(19-23-14(20)22)11-6-4-5-7-17-11/h4-7,10H,8H2,1-3H3,(H,18,21)/t15-/m1/s1. The summed E-state index contributed by atoms with van der Waals surface area (Å²) in [4.78, 5) is 28.1. The molecule has 0 aromatic carbocycles. The number of pyridine rings is 1. The van der Waals surface area contributed by atoms with E-state index in [1.54, 1.807) is 31.3 Å². The van der Waals surface area contributed by atoms with E-state index in [0.29, 0.717) is 5.69 Å². The maximum absolute atomic E-state index is 12.2. The van der Waals surface area contributed by atoms with E-state index < -0.39 is 17.2 Å².